The van der Waals surface area contributed by atoms with Crippen molar-refractivity contribution in [3.8, 4) is 0 Å². The smallest absolute Gasteiger partial charge is 0.268 e. The Morgan fingerprint density at radius 1 is 1.18 bits per heavy atom. The van der Waals surface area contributed by atoms with Crippen LogP contribution in [0.25, 0.3) is 0 Å². The lowest BCUT2D eigenvalue weighted by Gasteiger charge is -2.33. The molecule has 1 fully saturated rings. The Labute approximate surface area is 169 Å². The Morgan fingerprint density at radius 2 is 2.00 bits per heavy atom. The van der Waals surface area contributed by atoms with Crippen LogP contribution in [0.3, 0.4) is 0 Å². The third-order valence-corrected chi connectivity index (χ3v) is 5.98. The second kappa shape index (κ2) is 9.42. The molecule has 3 rings (SSSR count). The number of aromatic nitrogens is 1. The van der Waals surface area contributed by atoms with E-state index in [4.69, 9.17) is 0 Å². The molecular weight excluding hydrogens is 346 g/mol. The van der Waals surface area contributed by atoms with Crippen LogP contribution in [-0.4, -0.2) is 41.1 Å². The van der Waals surface area contributed by atoms with Crippen molar-refractivity contribution >= 4 is 5.91 Å². The Balaban J connectivity index is 1.60. The van der Waals surface area contributed by atoms with E-state index in [-0.39, 0.29) is 5.91 Å². The fraction of sp³-hybridized carbons (Fsp3) is 0.542. The molecule has 1 N–H and O–H groups in total. The number of amides is 1. The maximum absolute atomic E-state index is 12.9. The summed E-state index contributed by atoms with van der Waals surface area (Å²) < 4.78 is 2.14. The molecule has 28 heavy (non-hydrogen) atoms. The Hall–Kier alpha value is -2.07. The molecule has 1 aromatic heterocycles. The molecule has 4 nitrogen and oxygen atoms in total. The molecule has 0 bridgehead atoms. The van der Waals surface area contributed by atoms with Crippen molar-refractivity contribution in [2.75, 3.05) is 19.6 Å². The van der Waals surface area contributed by atoms with Crippen LogP contribution in [0, 0.1) is 20.8 Å². The standard InChI is InChI=1S/C24H35N3O/c1-18-9-7-11-22(15-18)17-27-21(4)16-19(2)23(27)24(28)25-12-8-14-26-13-6-5-10-20(26)3/h7,9,11,15-16,20H,5-6,8,10,12-14,17H2,1-4H3,(H,25,28)/t20-/m0/s1. The minimum Gasteiger partial charge on any atom is -0.351 e. The summed E-state index contributed by atoms with van der Waals surface area (Å²) in [5.74, 6) is 0.0462. The summed E-state index contributed by atoms with van der Waals surface area (Å²) in [7, 11) is 0. The molecule has 1 amide bonds. The van der Waals surface area contributed by atoms with Crippen LogP contribution in [-0.2, 0) is 6.54 Å². The van der Waals surface area contributed by atoms with E-state index in [9.17, 15) is 4.79 Å². The number of carbonyl (C=O) groups excluding carboxylic acids is 1. The first-order valence-corrected chi connectivity index (χ1v) is 10.7. The number of nitrogens with one attached hydrogen (secondary N) is 1. The van der Waals surface area contributed by atoms with Crippen molar-refractivity contribution in [2.45, 2.75) is 66.0 Å². The molecule has 4 heteroatoms. The van der Waals surface area contributed by atoms with Crippen molar-refractivity contribution in [2.24, 2.45) is 0 Å². The molecule has 1 atom stereocenters. The predicted octanol–water partition coefficient (Wildman–Crippen LogP) is 4.46. The SMILES string of the molecule is Cc1cccc(Cn2c(C)cc(C)c2C(=O)NCCCN2CCCC[C@@H]2C)c1. The van der Waals surface area contributed by atoms with Gasteiger partial charge < -0.3 is 14.8 Å². The Morgan fingerprint density at radius 3 is 2.75 bits per heavy atom. The third-order valence-electron chi connectivity index (χ3n) is 5.98. The van der Waals surface area contributed by atoms with Crippen molar-refractivity contribution in [1.82, 2.24) is 14.8 Å². The van der Waals surface area contributed by atoms with Gasteiger partial charge in [0.25, 0.3) is 5.91 Å². The van der Waals surface area contributed by atoms with Gasteiger partial charge in [-0.2, -0.15) is 0 Å². The van der Waals surface area contributed by atoms with Gasteiger partial charge in [-0.25, -0.2) is 0 Å². The molecule has 0 spiro atoms. The van der Waals surface area contributed by atoms with E-state index in [0.717, 1.165) is 43.0 Å². The van der Waals surface area contributed by atoms with Gasteiger partial charge >= 0.3 is 0 Å². The van der Waals surface area contributed by atoms with Crippen LogP contribution in [0.4, 0.5) is 0 Å². The van der Waals surface area contributed by atoms with Gasteiger partial charge in [0.2, 0.25) is 0 Å². The van der Waals surface area contributed by atoms with Gasteiger partial charge in [0.15, 0.2) is 0 Å². The topological polar surface area (TPSA) is 37.3 Å². The van der Waals surface area contributed by atoms with E-state index in [2.05, 4.69) is 65.9 Å². The van der Waals surface area contributed by atoms with Crippen LogP contribution < -0.4 is 5.32 Å². The number of hydrogen-bond acceptors (Lipinski definition) is 2. The van der Waals surface area contributed by atoms with Gasteiger partial charge in [-0.1, -0.05) is 36.2 Å². The van der Waals surface area contributed by atoms with Crippen LogP contribution in [0.1, 0.15) is 65.5 Å². The summed E-state index contributed by atoms with van der Waals surface area (Å²) in [6.07, 6.45) is 4.97. The summed E-state index contributed by atoms with van der Waals surface area (Å²) in [4.78, 5) is 15.5. The second-order valence-electron chi connectivity index (χ2n) is 8.38. The number of likely N-dealkylation sites (tertiary alicyclic amines) is 1. The van der Waals surface area contributed by atoms with E-state index in [1.807, 2.05) is 6.92 Å². The van der Waals surface area contributed by atoms with E-state index in [1.54, 1.807) is 0 Å². The molecule has 0 unspecified atom stereocenters. The summed E-state index contributed by atoms with van der Waals surface area (Å²) in [6.45, 7) is 12.3. The monoisotopic (exact) mass is 381 g/mol. The lowest BCUT2D eigenvalue weighted by atomic mass is 10.0. The molecular formula is C24H35N3O. The highest BCUT2D eigenvalue weighted by molar-refractivity contribution is 5.94. The summed E-state index contributed by atoms with van der Waals surface area (Å²) in [5, 5.41) is 3.16. The Kier molecular flexibility index (Phi) is 6.95. The average Bonchev–Trinajstić information content (AvgIpc) is 2.93. The van der Waals surface area contributed by atoms with E-state index in [0.29, 0.717) is 6.04 Å². The lowest BCUT2D eigenvalue weighted by molar-refractivity contribution is 0.0939. The molecule has 0 aliphatic carbocycles. The molecule has 0 radical (unpaired) electrons. The van der Waals surface area contributed by atoms with Crippen LogP contribution in [0.2, 0.25) is 0 Å². The van der Waals surface area contributed by atoms with Crippen molar-refractivity contribution in [1.29, 1.82) is 0 Å². The number of hydrogen-bond donors (Lipinski definition) is 1. The van der Waals surface area contributed by atoms with Crippen molar-refractivity contribution in [3.63, 3.8) is 0 Å². The highest BCUT2D eigenvalue weighted by atomic mass is 16.1. The van der Waals surface area contributed by atoms with Gasteiger partial charge in [-0.15, -0.1) is 0 Å². The lowest BCUT2D eigenvalue weighted by Crippen LogP contribution is -2.39. The molecule has 1 saturated heterocycles. The number of aryl methyl sites for hydroxylation is 3. The van der Waals surface area contributed by atoms with Gasteiger partial charge in [0, 0.05) is 31.4 Å². The third kappa shape index (κ3) is 5.05. The number of carbonyl (C=O) groups is 1. The molecule has 2 heterocycles. The first-order valence-electron chi connectivity index (χ1n) is 10.7. The number of piperidine rings is 1. The molecule has 1 aliphatic heterocycles. The van der Waals surface area contributed by atoms with Crippen molar-refractivity contribution in [3.05, 3.63) is 58.4 Å². The first-order chi connectivity index (χ1) is 13.5. The highest BCUT2D eigenvalue weighted by Gasteiger charge is 2.19. The number of nitrogens with zero attached hydrogens (tertiary/aromatic N) is 2. The highest BCUT2D eigenvalue weighted by Crippen LogP contribution is 2.18. The maximum atomic E-state index is 12.9. The van der Waals surface area contributed by atoms with E-state index in [1.165, 1.54) is 36.9 Å². The van der Waals surface area contributed by atoms with E-state index >= 15 is 0 Å². The molecule has 152 valence electrons. The fourth-order valence-electron chi connectivity index (χ4n) is 4.40. The molecule has 1 aromatic carbocycles. The second-order valence-corrected chi connectivity index (χ2v) is 8.38. The van der Waals surface area contributed by atoms with Gasteiger partial charge in [-0.3, -0.25) is 4.79 Å². The van der Waals surface area contributed by atoms with Gasteiger partial charge in [0.05, 0.1) is 0 Å². The predicted molar refractivity (Wildman–Crippen MR) is 116 cm³/mol. The molecule has 1 aliphatic rings. The minimum atomic E-state index is 0.0462. The first kappa shape index (κ1) is 20.7. The summed E-state index contributed by atoms with van der Waals surface area (Å²) in [6, 6.07) is 11.3. The van der Waals surface area contributed by atoms with E-state index < -0.39 is 0 Å². The Bertz CT molecular complexity index is 808. The zero-order valence-corrected chi connectivity index (χ0v) is 17.9. The molecule has 2 aromatic rings. The minimum absolute atomic E-state index is 0.0462. The van der Waals surface area contributed by atoms with Crippen LogP contribution in [0.15, 0.2) is 30.3 Å². The van der Waals surface area contributed by atoms with Gasteiger partial charge in [-0.05, 0) is 70.7 Å². The maximum Gasteiger partial charge on any atom is 0.268 e. The van der Waals surface area contributed by atoms with Crippen LogP contribution in [0.5, 0.6) is 0 Å². The summed E-state index contributed by atoms with van der Waals surface area (Å²) >= 11 is 0. The quantitative estimate of drug-likeness (QED) is 0.719. The average molecular weight is 382 g/mol. The normalized spacial score (nSPS) is 17.6. The summed E-state index contributed by atoms with van der Waals surface area (Å²) in [5.41, 5.74) is 5.45. The van der Waals surface area contributed by atoms with Crippen molar-refractivity contribution < 1.29 is 4.79 Å². The van der Waals surface area contributed by atoms with Gasteiger partial charge in [0.1, 0.15) is 5.69 Å². The molecule has 0 saturated carbocycles. The largest absolute Gasteiger partial charge is 0.351 e. The number of benzene rings is 1. The number of rotatable bonds is 7. The zero-order chi connectivity index (χ0) is 20.1. The zero-order valence-electron chi connectivity index (χ0n) is 17.9. The van der Waals surface area contributed by atoms with Crippen LogP contribution >= 0.6 is 0 Å². The fourth-order valence-corrected chi connectivity index (χ4v) is 4.40.